The van der Waals surface area contributed by atoms with E-state index in [1.807, 2.05) is 0 Å². The summed E-state index contributed by atoms with van der Waals surface area (Å²) in [6.45, 7) is 3.20. The van der Waals surface area contributed by atoms with Gasteiger partial charge in [-0.25, -0.2) is 8.78 Å². The minimum absolute atomic E-state index is 0.0402. The number of aliphatic hydroxyl groups is 1. The van der Waals surface area contributed by atoms with E-state index in [9.17, 15) is 13.9 Å². The maximum Gasteiger partial charge on any atom is 0.170 e. The van der Waals surface area contributed by atoms with E-state index in [2.05, 4.69) is 5.16 Å². The summed E-state index contributed by atoms with van der Waals surface area (Å²) in [4.78, 5) is -0.196. The van der Waals surface area contributed by atoms with Crippen molar-refractivity contribution in [1.82, 2.24) is 0 Å². The van der Waals surface area contributed by atoms with E-state index in [4.69, 9.17) is 10.9 Å². The molecule has 0 aliphatic carbocycles. The number of rotatable bonds is 4. The van der Waals surface area contributed by atoms with Crippen LogP contribution in [0.15, 0.2) is 22.2 Å². The Morgan fingerprint density at radius 1 is 1.33 bits per heavy atom. The number of nitrogens with two attached hydrogens (primary N) is 1. The van der Waals surface area contributed by atoms with Crippen molar-refractivity contribution in [2.75, 3.05) is 0 Å². The molecule has 0 fully saturated rings. The third-order valence-electron chi connectivity index (χ3n) is 2.38. The van der Waals surface area contributed by atoms with Gasteiger partial charge in [-0.3, -0.25) is 0 Å². The fourth-order valence-corrected chi connectivity index (χ4v) is 2.07. The molecule has 100 valence electrons. The van der Waals surface area contributed by atoms with Gasteiger partial charge in [-0.1, -0.05) is 12.1 Å². The molecule has 0 spiro atoms. The monoisotopic (exact) mass is 276 g/mol. The third-order valence-corrected chi connectivity index (χ3v) is 3.78. The highest BCUT2D eigenvalue weighted by molar-refractivity contribution is 8.00. The number of aliphatic hydroxyl groups excluding tert-OH is 1. The first-order valence-corrected chi connectivity index (χ1v) is 6.06. The van der Waals surface area contributed by atoms with Gasteiger partial charge in [-0.05, 0) is 19.1 Å². The second-order valence-corrected chi connectivity index (χ2v) is 5.21. The van der Waals surface area contributed by atoms with Gasteiger partial charge < -0.3 is 16.0 Å². The number of thioether (sulfide) groups is 1. The highest BCUT2D eigenvalue weighted by Crippen LogP contribution is 2.31. The molecule has 0 bridgehead atoms. The summed E-state index contributed by atoms with van der Waals surface area (Å²) >= 11 is 0.890. The van der Waals surface area contributed by atoms with E-state index >= 15 is 0 Å². The number of amidine groups is 1. The molecule has 0 aliphatic heterocycles. The van der Waals surface area contributed by atoms with Crippen LogP contribution in [-0.4, -0.2) is 27.5 Å². The summed E-state index contributed by atoms with van der Waals surface area (Å²) in [5, 5.41) is 20.1. The zero-order valence-electron chi connectivity index (χ0n) is 9.89. The fraction of sp³-hybridized carbons (Fsp3) is 0.364. The van der Waals surface area contributed by atoms with Crippen LogP contribution in [0.2, 0.25) is 0 Å². The minimum atomic E-state index is -0.811. The Hall–Kier alpha value is -1.34. The van der Waals surface area contributed by atoms with E-state index in [0.717, 1.165) is 23.9 Å². The van der Waals surface area contributed by atoms with Crippen molar-refractivity contribution >= 4 is 17.6 Å². The van der Waals surface area contributed by atoms with Gasteiger partial charge in [-0.2, -0.15) is 0 Å². The van der Waals surface area contributed by atoms with E-state index in [1.165, 1.54) is 6.92 Å². The average molecular weight is 276 g/mol. The van der Waals surface area contributed by atoms with Gasteiger partial charge in [0, 0.05) is 10.8 Å². The predicted octanol–water partition coefficient (Wildman–Crippen LogP) is 1.92. The Bertz CT molecular complexity index is 443. The van der Waals surface area contributed by atoms with Crippen LogP contribution < -0.4 is 5.73 Å². The molecule has 1 rings (SSSR count). The summed E-state index contributed by atoms with van der Waals surface area (Å²) in [7, 11) is 0. The second-order valence-electron chi connectivity index (χ2n) is 3.82. The number of hydrogen-bond acceptors (Lipinski definition) is 4. The van der Waals surface area contributed by atoms with Crippen LogP contribution in [0.3, 0.4) is 0 Å². The first-order chi connectivity index (χ1) is 8.36. The third kappa shape index (κ3) is 3.33. The van der Waals surface area contributed by atoms with E-state index in [1.54, 1.807) is 6.92 Å². The Morgan fingerprint density at radius 2 is 1.83 bits per heavy atom. The number of hydrogen-bond donors (Lipinski definition) is 3. The normalized spacial score (nSPS) is 15.5. The van der Waals surface area contributed by atoms with Crippen LogP contribution in [-0.2, 0) is 0 Å². The van der Waals surface area contributed by atoms with E-state index in [0.29, 0.717) is 0 Å². The van der Waals surface area contributed by atoms with E-state index in [-0.39, 0.29) is 21.5 Å². The fourth-order valence-electron chi connectivity index (χ4n) is 1.16. The molecule has 0 aliphatic rings. The van der Waals surface area contributed by atoms with Gasteiger partial charge in [0.05, 0.1) is 11.0 Å². The molecule has 1 aromatic rings. The van der Waals surface area contributed by atoms with Gasteiger partial charge >= 0.3 is 0 Å². The van der Waals surface area contributed by atoms with Crippen LogP contribution in [0, 0.1) is 11.6 Å². The Balaban J connectivity index is 3.09. The maximum absolute atomic E-state index is 13.7. The smallest absolute Gasteiger partial charge is 0.170 e. The molecule has 18 heavy (non-hydrogen) atoms. The highest BCUT2D eigenvalue weighted by Gasteiger charge is 2.18. The molecule has 1 aromatic carbocycles. The molecule has 0 aromatic heterocycles. The Labute approximate surface area is 107 Å². The zero-order valence-corrected chi connectivity index (χ0v) is 10.7. The Morgan fingerprint density at radius 3 is 2.22 bits per heavy atom. The molecule has 0 amide bonds. The molecule has 0 saturated heterocycles. The maximum atomic E-state index is 13.7. The summed E-state index contributed by atoms with van der Waals surface area (Å²) in [6.07, 6.45) is -0.697. The van der Waals surface area contributed by atoms with Crippen molar-refractivity contribution in [1.29, 1.82) is 0 Å². The first-order valence-electron chi connectivity index (χ1n) is 5.18. The van der Waals surface area contributed by atoms with Crippen LogP contribution in [0.1, 0.15) is 19.4 Å². The topological polar surface area (TPSA) is 78.8 Å². The van der Waals surface area contributed by atoms with Crippen LogP contribution >= 0.6 is 11.8 Å². The van der Waals surface area contributed by atoms with Crippen molar-refractivity contribution < 1.29 is 19.1 Å². The number of benzene rings is 1. The van der Waals surface area contributed by atoms with Crippen molar-refractivity contribution in [3.63, 3.8) is 0 Å². The molecular formula is C11H14F2N2O2S. The van der Waals surface area contributed by atoms with Gasteiger partial charge in [0.2, 0.25) is 0 Å². The highest BCUT2D eigenvalue weighted by atomic mass is 32.2. The van der Waals surface area contributed by atoms with Crippen molar-refractivity contribution in [2.24, 2.45) is 10.9 Å². The molecule has 4 nitrogen and oxygen atoms in total. The van der Waals surface area contributed by atoms with Gasteiger partial charge in [0.15, 0.2) is 5.84 Å². The Kier molecular flexibility index (Phi) is 4.92. The van der Waals surface area contributed by atoms with Crippen molar-refractivity contribution in [3.05, 3.63) is 29.3 Å². The lowest BCUT2D eigenvalue weighted by Crippen LogP contribution is -2.17. The molecule has 2 atom stereocenters. The SMILES string of the molecule is CC(O)C(C)Sc1c(F)cc(C(N)=NO)cc1F. The van der Waals surface area contributed by atoms with Crippen LogP contribution in [0.25, 0.3) is 0 Å². The average Bonchev–Trinajstić information content (AvgIpc) is 2.31. The zero-order chi connectivity index (χ0) is 13.9. The molecule has 0 radical (unpaired) electrons. The summed E-state index contributed by atoms with van der Waals surface area (Å²) in [6, 6.07) is 1.96. The molecule has 0 heterocycles. The molecule has 2 unspecified atom stereocenters. The minimum Gasteiger partial charge on any atom is -0.409 e. The first kappa shape index (κ1) is 14.7. The van der Waals surface area contributed by atoms with Gasteiger partial charge in [0.1, 0.15) is 11.6 Å². The van der Waals surface area contributed by atoms with Crippen LogP contribution in [0.4, 0.5) is 8.78 Å². The molecular weight excluding hydrogens is 262 g/mol. The largest absolute Gasteiger partial charge is 0.409 e. The van der Waals surface area contributed by atoms with E-state index < -0.39 is 17.7 Å². The second kappa shape index (κ2) is 6.01. The lowest BCUT2D eigenvalue weighted by atomic mass is 10.2. The van der Waals surface area contributed by atoms with Gasteiger partial charge in [-0.15, -0.1) is 11.8 Å². The lowest BCUT2D eigenvalue weighted by Gasteiger charge is -2.15. The van der Waals surface area contributed by atoms with Crippen LogP contribution in [0.5, 0.6) is 0 Å². The summed E-state index contributed by atoms with van der Waals surface area (Å²) in [5.74, 6) is -1.99. The summed E-state index contributed by atoms with van der Waals surface area (Å²) in [5.41, 5.74) is 5.21. The predicted molar refractivity (Wildman–Crippen MR) is 65.9 cm³/mol. The lowest BCUT2D eigenvalue weighted by molar-refractivity contribution is 0.196. The van der Waals surface area contributed by atoms with Gasteiger partial charge in [0.25, 0.3) is 0 Å². The number of halogens is 2. The molecule has 0 saturated carbocycles. The number of oxime groups is 1. The molecule has 7 heteroatoms. The standard InChI is InChI=1S/C11H14F2N2O2S/c1-5(16)6(2)18-10-8(12)3-7(4-9(10)13)11(14)15-17/h3-6,16-17H,1-2H3,(H2,14,15). The molecule has 4 N–H and O–H groups in total. The summed E-state index contributed by atoms with van der Waals surface area (Å²) < 4.78 is 27.4. The number of nitrogens with zero attached hydrogens (tertiary/aromatic N) is 1. The quantitative estimate of drug-likeness (QED) is 0.258. The van der Waals surface area contributed by atoms with Crippen molar-refractivity contribution in [2.45, 2.75) is 30.1 Å². The van der Waals surface area contributed by atoms with Crippen molar-refractivity contribution in [3.8, 4) is 0 Å².